The number of anilines is 1. The summed E-state index contributed by atoms with van der Waals surface area (Å²) < 4.78 is 45.3. The van der Waals surface area contributed by atoms with Crippen LogP contribution in [0.15, 0.2) is 59.6 Å². The molecule has 41 heavy (non-hydrogen) atoms. The van der Waals surface area contributed by atoms with E-state index in [1.165, 1.54) is 29.7 Å². The Balaban J connectivity index is 1.82. The predicted octanol–water partition coefficient (Wildman–Crippen LogP) is 6.74. The number of hydrogen-bond donors (Lipinski definition) is 2. The number of carbonyl (C=O) groups excluding carboxylic acids is 1. The molecule has 0 spiro atoms. The van der Waals surface area contributed by atoms with E-state index in [-0.39, 0.29) is 10.7 Å². The van der Waals surface area contributed by atoms with E-state index in [4.69, 9.17) is 16.3 Å². The van der Waals surface area contributed by atoms with Gasteiger partial charge in [-0.3, -0.25) is 14.5 Å². The SMILES string of the molecule is CC(C)(C)OC(=O)Nc1ccc(Cl)c(C(NS(=O)C(C)(C)C)c2cc3cccc(-c4cc(S(=O)[O-])ccn4)c3s2)n1. The van der Waals surface area contributed by atoms with Crippen molar-refractivity contribution in [1.29, 1.82) is 0 Å². The van der Waals surface area contributed by atoms with E-state index in [2.05, 4.69) is 20.0 Å². The molecule has 0 bridgehead atoms. The molecule has 0 aliphatic rings. The summed E-state index contributed by atoms with van der Waals surface area (Å²) in [4.78, 5) is 22.3. The zero-order valence-electron chi connectivity index (χ0n) is 23.3. The van der Waals surface area contributed by atoms with E-state index < -0.39 is 44.5 Å². The third-order valence-electron chi connectivity index (χ3n) is 5.60. The fourth-order valence-corrected chi connectivity index (χ4v) is 6.47. The van der Waals surface area contributed by atoms with Crippen LogP contribution >= 0.6 is 22.9 Å². The van der Waals surface area contributed by atoms with Crippen LogP contribution in [0.25, 0.3) is 21.3 Å². The Labute approximate surface area is 253 Å². The van der Waals surface area contributed by atoms with Crippen molar-refractivity contribution in [3.8, 4) is 11.3 Å². The van der Waals surface area contributed by atoms with Crippen molar-refractivity contribution in [3.63, 3.8) is 0 Å². The lowest BCUT2D eigenvalue weighted by Crippen LogP contribution is -2.36. The van der Waals surface area contributed by atoms with Crippen molar-refractivity contribution in [1.82, 2.24) is 14.7 Å². The fraction of sp³-hybridized carbons (Fsp3) is 0.321. The van der Waals surface area contributed by atoms with Gasteiger partial charge in [0, 0.05) is 26.2 Å². The van der Waals surface area contributed by atoms with Gasteiger partial charge in [-0.2, -0.15) is 0 Å². The second-order valence-electron chi connectivity index (χ2n) is 11.1. The highest BCUT2D eigenvalue weighted by molar-refractivity contribution is 7.84. The monoisotopic (exact) mass is 633 g/mol. The van der Waals surface area contributed by atoms with Gasteiger partial charge in [-0.15, -0.1) is 11.3 Å². The molecule has 3 unspecified atom stereocenters. The Kier molecular flexibility index (Phi) is 9.32. The molecule has 3 atom stereocenters. The van der Waals surface area contributed by atoms with Crippen LogP contribution in [0.5, 0.6) is 0 Å². The molecule has 0 radical (unpaired) electrons. The quantitative estimate of drug-likeness (QED) is 0.215. The molecule has 1 aromatic carbocycles. The molecule has 4 rings (SSSR count). The van der Waals surface area contributed by atoms with Crippen molar-refractivity contribution in [3.05, 3.63) is 70.3 Å². The minimum absolute atomic E-state index is 0.134. The number of rotatable bonds is 7. The molecule has 2 N–H and O–H groups in total. The number of nitrogens with zero attached hydrogens (tertiary/aromatic N) is 2. The molecule has 218 valence electrons. The van der Waals surface area contributed by atoms with Gasteiger partial charge in [-0.05, 0) is 88.3 Å². The van der Waals surface area contributed by atoms with Crippen molar-refractivity contribution in [2.45, 2.75) is 62.8 Å². The number of pyridine rings is 2. The Bertz CT molecular complexity index is 1650. The number of amides is 1. The number of halogens is 1. The minimum atomic E-state index is -2.40. The first kappa shape index (κ1) is 31.2. The molecule has 0 saturated carbocycles. The van der Waals surface area contributed by atoms with Gasteiger partial charge >= 0.3 is 6.09 Å². The molecule has 3 heterocycles. The van der Waals surface area contributed by atoms with Crippen LogP contribution in [0.4, 0.5) is 10.6 Å². The number of thiophene rings is 1. The van der Waals surface area contributed by atoms with E-state index in [0.29, 0.717) is 16.4 Å². The number of aromatic nitrogens is 2. The van der Waals surface area contributed by atoms with Gasteiger partial charge in [0.15, 0.2) is 0 Å². The highest BCUT2D eigenvalue weighted by Crippen LogP contribution is 2.40. The smallest absolute Gasteiger partial charge is 0.413 e. The molecule has 0 aliphatic heterocycles. The first-order chi connectivity index (χ1) is 19.1. The third-order valence-corrected chi connectivity index (χ3v) is 9.37. The first-order valence-electron chi connectivity index (χ1n) is 12.5. The van der Waals surface area contributed by atoms with Crippen LogP contribution in [0.3, 0.4) is 0 Å². The summed E-state index contributed by atoms with van der Waals surface area (Å²) >= 11 is 5.67. The predicted molar refractivity (Wildman–Crippen MR) is 164 cm³/mol. The summed E-state index contributed by atoms with van der Waals surface area (Å²) in [5.41, 5.74) is 0.931. The minimum Gasteiger partial charge on any atom is -0.768 e. The number of fused-ring (bicyclic) bond motifs is 1. The van der Waals surface area contributed by atoms with Crippen molar-refractivity contribution in [2.24, 2.45) is 0 Å². The maximum absolute atomic E-state index is 13.3. The molecular weight excluding hydrogens is 604 g/mol. The third kappa shape index (κ3) is 7.76. The Morgan fingerprint density at radius 1 is 1.07 bits per heavy atom. The molecule has 0 fully saturated rings. The van der Waals surface area contributed by atoms with Crippen LogP contribution < -0.4 is 10.0 Å². The van der Waals surface area contributed by atoms with Crippen molar-refractivity contribution in [2.75, 3.05) is 5.32 Å². The number of nitrogens with one attached hydrogen (secondary N) is 2. The molecule has 9 nitrogen and oxygen atoms in total. The second-order valence-corrected chi connectivity index (χ2v) is 15.5. The van der Waals surface area contributed by atoms with Gasteiger partial charge in [0.1, 0.15) is 11.4 Å². The highest BCUT2D eigenvalue weighted by atomic mass is 35.5. The van der Waals surface area contributed by atoms with E-state index >= 15 is 0 Å². The topological polar surface area (TPSA) is 133 Å². The molecule has 0 aliphatic carbocycles. The van der Waals surface area contributed by atoms with Gasteiger partial charge in [-0.1, -0.05) is 29.8 Å². The highest BCUT2D eigenvalue weighted by Gasteiger charge is 2.29. The van der Waals surface area contributed by atoms with E-state index in [9.17, 15) is 17.8 Å². The number of hydrogen-bond acceptors (Lipinski definition) is 8. The molecule has 0 saturated heterocycles. The maximum Gasteiger partial charge on any atom is 0.413 e. The van der Waals surface area contributed by atoms with Gasteiger partial charge in [0.25, 0.3) is 0 Å². The maximum atomic E-state index is 13.3. The number of carbonyl (C=O) groups is 1. The van der Waals surface area contributed by atoms with E-state index in [0.717, 1.165) is 20.5 Å². The largest absolute Gasteiger partial charge is 0.768 e. The lowest BCUT2D eigenvalue weighted by Gasteiger charge is -2.24. The average molecular weight is 634 g/mol. The van der Waals surface area contributed by atoms with Gasteiger partial charge in [0.2, 0.25) is 0 Å². The Hall–Kier alpha value is -2.74. The fourth-order valence-electron chi connectivity index (χ4n) is 3.76. The van der Waals surface area contributed by atoms with Gasteiger partial charge < -0.3 is 9.29 Å². The summed E-state index contributed by atoms with van der Waals surface area (Å²) in [6.45, 7) is 10.8. The van der Waals surface area contributed by atoms with Crippen LogP contribution in [-0.4, -0.2) is 39.4 Å². The molecule has 13 heteroatoms. The summed E-state index contributed by atoms with van der Waals surface area (Å²) in [5.74, 6) is 0.223. The summed E-state index contributed by atoms with van der Waals surface area (Å²) in [6, 6.07) is 13.0. The molecular formula is C28H30ClN4O5S3-. The van der Waals surface area contributed by atoms with Crippen LogP contribution in [0.1, 0.15) is 58.2 Å². The summed E-state index contributed by atoms with van der Waals surface area (Å²) in [5, 5.41) is 3.83. The normalized spacial score (nSPS) is 14.4. The Morgan fingerprint density at radius 2 is 1.80 bits per heavy atom. The lowest BCUT2D eigenvalue weighted by molar-refractivity contribution is 0.0635. The van der Waals surface area contributed by atoms with Crippen molar-refractivity contribution < 1.29 is 22.5 Å². The standard InChI is InChI=1S/C28H31ClN4O5S3/c1-27(2,3)38-26(34)32-22-11-10-19(29)23(31-22)24(33-41(37)28(4,5)6)21-14-16-8-7-9-18(25(16)39-21)20-15-17(40(35)36)12-13-30-20/h7-15,24,33H,1-6H3,(H,35,36)(H,31,32,34)/p-1. The van der Waals surface area contributed by atoms with Crippen LogP contribution in [0.2, 0.25) is 5.02 Å². The molecule has 3 aromatic heterocycles. The summed E-state index contributed by atoms with van der Waals surface area (Å²) in [7, 11) is -1.51. The van der Waals surface area contributed by atoms with E-state index in [1.807, 2.05) is 45.0 Å². The van der Waals surface area contributed by atoms with Crippen LogP contribution in [0, 0.1) is 0 Å². The average Bonchev–Trinajstić information content (AvgIpc) is 3.31. The number of benzene rings is 1. The van der Waals surface area contributed by atoms with Crippen molar-refractivity contribution >= 4 is 67.0 Å². The zero-order chi connectivity index (χ0) is 30.1. The number of ether oxygens (including phenoxy) is 1. The summed E-state index contributed by atoms with van der Waals surface area (Å²) in [6.07, 6.45) is 0.790. The molecule has 1 amide bonds. The van der Waals surface area contributed by atoms with Gasteiger partial charge in [0.05, 0.1) is 38.2 Å². The molecule has 4 aromatic rings. The zero-order valence-corrected chi connectivity index (χ0v) is 26.5. The first-order valence-corrected chi connectivity index (χ1v) is 16.0. The lowest BCUT2D eigenvalue weighted by atomic mass is 10.1. The van der Waals surface area contributed by atoms with Gasteiger partial charge in [-0.25, -0.2) is 18.7 Å². The van der Waals surface area contributed by atoms with E-state index in [1.54, 1.807) is 32.9 Å². The van der Waals surface area contributed by atoms with Crippen LogP contribution in [-0.2, 0) is 26.8 Å². The Morgan fingerprint density at radius 3 is 2.46 bits per heavy atom. The second kappa shape index (κ2) is 12.2.